The molecule has 2 N–H and O–H groups in total. The maximum atomic E-state index is 5.77. The molecule has 1 fully saturated rings. The molecule has 0 aromatic rings. The second-order valence-electron chi connectivity index (χ2n) is 6.50. The largest absolute Gasteiger partial charge is 0.393 e. The van der Waals surface area contributed by atoms with Gasteiger partial charge in [-0.3, -0.25) is 0 Å². The smallest absolute Gasteiger partial charge is 0.0784 e. The van der Waals surface area contributed by atoms with Crippen LogP contribution in [0.25, 0.3) is 0 Å². The molecule has 1 rings (SSSR count). The molecule has 1 aliphatic heterocycles. The highest BCUT2D eigenvalue weighted by atomic mass is 32.1. The normalized spacial score (nSPS) is 19.0. The fourth-order valence-electron chi connectivity index (χ4n) is 2.75. The molecule has 1 saturated heterocycles. The second kappa shape index (κ2) is 7.55. The van der Waals surface area contributed by atoms with E-state index in [0.29, 0.717) is 4.99 Å². The van der Waals surface area contributed by atoms with Crippen molar-refractivity contribution < 1.29 is 0 Å². The molecule has 4 heteroatoms. The summed E-state index contributed by atoms with van der Waals surface area (Å²) in [5, 5.41) is 0. The van der Waals surface area contributed by atoms with Crippen LogP contribution in [0.2, 0.25) is 0 Å². The Hall–Kier alpha value is -0.190. The van der Waals surface area contributed by atoms with Gasteiger partial charge >= 0.3 is 0 Å². The molecule has 1 heterocycles. The first kappa shape index (κ1) is 16.9. The predicted octanol–water partition coefficient (Wildman–Crippen LogP) is 2.50. The van der Waals surface area contributed by atoms with Crippen LogP contribution in [-0.4, -0.2) is 54.1 Å². The lowest BCUT2D eigenvalue weighted by Crippen LogP contribution is -2.43. The Morgan fingerprint density at radius 1 is 1.37 bits per heavy atom. The summed E-state index contributed by atoms with van der Waals surface area (Å²) < 4.78 is 0. The van der Waals surface area contributed by atoms with Gasteiger partial charge in [-0.1, -0.05) is 33.0 Å². The molecule has 0 aromatic carbocycles. The molecule has 0 saturated carbocycles. The first-order valence-corrected chi connectivity index (χ1v) is 8.00. The number of nitrogens with two attached hydrogens (primary N) is 1. The van der Waals surface area contributed by atoms with Gasteiger partial charge < -0.3 is 15.5 Å². The Morgan fingerprint density at radius 3 is 2.42 bits per heavy atom. The van der Waals surface area contributed by atoms with Gasteiger partial charge in [-0.05, 0) is 58.9 Å². The third kappa shape index (κ3) is 5.36. The van der Waals surface area contributed by atoms with E-state index < -0.39 is 0 Å². The fraction of sp³-hybridized carbons (Fsp3) is 0.933. The van der Waals surface area contributed by atoms with Gasteiger partial charge in [0.25, 0.3) is 0 Å². The Morgan fingerprint density at radius 2 is 1.95 bits per heavy atom. The van der Waals surface area contributed by atoms with Crippen LogP contribution in [0.3, 0.4) is 0 Å². The Balaban J connectivity index is 2.25. The minimum Gasteiger partial charge on any atom is -0.393 e. The van der Waals surface area contributed by atoms with E-state index in [-0.39, 0.29) is 5.41 Å². The van der Waals surface area contributed by atoms with Crippen LogP contribution in [0.5, 0.6) is 0 Å². The molecule has 0 atom stereocenters. The minimum absolute atomic E-state index is 0.00173. The van der Waals surface area contributed by atoms with Gasteiger partial charge in [0.05, 0.1) is 4.99 Å². The molecule has 112 valence electrons. The van der Waals surface area contributed by atoms with Gasteiger partial charge in [0.2, 0.25) is 0 Å². The predicted molar refractivity (Wildman–Crippen MR) is 87.6 cm³/mol. The number of hydrogen-bond donors (Lipinski definition) is 1. The van der Waals surface area contributed by atoms with Crippen LogP contribution in [-0.2, 0) is 0 Å². The van der Waals surface area contributed by atoms with E-state index in [0.717, 1.165) is 19.0 Å². The summed E-state index contributed by atoms with van der Waals surface area (Å²) in [5.74, 6) is 0. The van der Waals surface area contributed by atoms with Gasteiger partial charge in [0.1, 0.15) is 0 Å². The summed E-state index contributed by atoms with van der Waals surface area (Å²) in [7, 11) is 2.26. The maximum Gasteiger partial charge on any atom is 0.0784 e. The van der Waals surface area contributed by atoms with Crippen molar-refractivity contribution in [1.29, 1.82) is 0 Å². The molecule has 0 spiro atoms. The van der Waals surface area contributed by atoms with Crippen molar-refractivity contribution >= 4 is 17.2 Å². The number of hydrogen-bond acceptors (Lipinski definition) is 3. The second-order valence-corrected chi connectivity index (χ2v) is 6.94. The van der Waals surface area contributed by atoms with Crippen molar-refractivity contribution in [2.24, 2.45) is 11.1 Å². The highest BCUT2D eigenvalue weighted by Crippen LogP contribution is 2.23. The van der Waals surface area contributed by atoms with Crippen LogP contribution >= 0.6 is 12.2 Å². The zero-order chi connectivity index (χ0) is 14.5. The first-order chi connectivity index (χ1) is 8.86. The van der Waals surface area contributed by atoms with Gasteiger partial charge in [-0.2, -0.15) is 0 Å². The lowest BCUT2D eigenvalue weighted by molar-refractivity contribution is 0.128. The standard InChI is InChI=1S/C15H31N3S/c1-5-18-11-7-13(8-12-18)17(4)10-6-9-15(2,3)14(16)19/h13H,5-12H2,1-4H3,(H2,16,19). The number of nitrogens with zero attached hydrogens (tertiary/aromatic N) is 2. The molecule has 3 nitrogen and oxygen atoms in total. The van der Waals surface area contributed by atoms with Crippen molar-refractivity contribution in [2.45, 2.75) is 52.5 Å². The van der Waals surface area contributed by atoms with Crippen LogP contribution in [0.15, 0.2) is 0 Å². The maximum absolute atomic E-state index is 5.77. The molecule has 0 aliphatic carbocycles. The number of thiocarbonyl (C=S) groups is 1. The van der Waals surface area contributed by atoms with E-state index in [4.69, 9.17) is 18.0 Å². The van der Waals surface area contributed by atoms with Gasteiger partial charge in [-0.25, -0.2) is 0 Å². The van der Waals surface area contributed by atoms with Gasteiger partial charge in [0, 0.05) is 11.5 Å². The van der Waals surface area contributed by atoms with Crippen LogP contribution in [0.4, 0.5) is 0 Å². The molecule has 19 heavy (non-hydrogen) atoms. The molecule has 0 bridgehead atoms. The molecule has 0 unspecified atom stereocenters. The molecule has 0 radical (unpaired) electrons. The third-order valence-electron chi connectivity index (χ3n) is 4.61. The Labute approximate surface area is 124 Å². The topological polar surface area (TPSA) is 32.5 Å². The number of piperidine rings is 1. The van der Waals surface area contributed by atoms with E-state index in [9.17, 15) is 0 Å². The summed E-state index contributed by atoms with van der Waals surface area (Å²) in [6.45, 7) is 11.4. The quantitative estimate of drug-likeness (QED) is 0.729. The zero-order valence-corrected chi connectivity index (χ0v) is 13.9. The Bertz CT molecular complexity index is 283. The summed E-state index contributed by atoms with van der Waals surface area (Å²) in [4.78, 5) is 5.72. The minimum atomic E-state index is 0.00173. The van der Waals surface area contributed by atoms with Crippen molar-refractivity contribution in [3.63, 3.8) is 0 Å². The van der Waals surface area contributed by atoms with Crippen LogP contribution in [0, 0.1) is 5.41 Å². The van der Waals surface area contributed by atoms with Crippen molar-refractivity contribution in [2.75, 3.05) is 33.2 Å². The highest BCUT2D eigenvalue weighted by Gasteiger charge is 2.23. The van der Waals surface area contributed by atoms with E-state index >= 15 is 0 Å². The molecule has 1 aliphatic rings. The summed E-state index contributed by atoms with van der Waals surface area (Å²) in [6, 6.07) is 0.760. The molecule has 0 amide bonds. The highest BCUT2D eigenvalue weighted by molar-refractivity contribution is 7.80. The monoisotopic (exact) mass is 285 g/mol. The van der Waals surface area contributed by atoms with Crippen molar-refractivity contribution in [3.05, 3.63) is 0 Å². The summed E-state index contributed by atoms with van der Waals surface area (Å²) in [6.07, 6.45) is 4.88. The van der Waals surface area contributed by atoms with Crippen LogP contribution in [0.1, 0.15) is 46.5 Å². The average Bonchev–Trinajstić information content (AvgIpc) is 2.38. The fourth-order valence-corrected chi connectivity index (χ4v) is 2.85. The lowest BCUT2D eigenvalue weighted by atomic mass is 9.87. The Kier molecular flexibility index (Phi) is 6.71. The van der Waals surface area contributed by atoms with Crippen molar-refractivity contribution in [3.8, 4) is 0 Å². The first-order valence-electron chi connectivity index (χ1n) is 7.59. The summed E-state index contributed by atoms with van der Waals surface area (Å²) in [5.41, 5.74) is 5.77. The van der Waals surface area contributed by atoms with E-state index in [1.54, 1.807) is 0 Å². The van der Waals surface area contributed by atoms with Gasteiger partial charge in [0.15, 0.2) is 0 Å². The number of rotatable bonds is 7. The van der Waals surface area contributed by atoms with Gasteiger partial charge in [-0.15, -0.1) is 0 Å². The molecular weight excluding hydrogens is 254 g/mol. The SMILES string of the molecule is CCN1CCC(N(C)CCCC(C)(C)C(N)=S)CC1. The van der Waals surface area contributed by atoms with E-state index in [2.05, 4.69) is 37.6 Å². The third-order valence-corrected chi connectivity index (χ3v) is 5.16. The zero-order valence-electron chi connectivity index (χ0n) is 13.1. The van der Waals surface area contributed by atoms with Crippen LogP contribution < -0.4 is 5.73 Å². The van der Waals surface area contributed by atoms with E-state index in [1.165, 1.54) is 38.9 Å². The van der Waals surface area contributed by atoms with E-state index in [1.807, 2.05) is 0 Å². The summed E-state index contributed by atoms with van der Waals surface area (Å²) >= 11 is 5.12. The number of likely N-dealkylation sites (tertiary alicyclic amines) is 1. The molecular formula is C15H31N3S. The average molecular weight is 286 g/mol. The molecule has 0 aromatic heterocycles. The van der Waals surface area contributed by atoms with Crippen molar-refractivity contribution in [1.82, 2.24) is 9.80 Å². The lowest BCUT2D eigenvalue weighted by Gasteiger charge is -2.36.